The summed E-state index contributed by atoms with van der Waals surface area (Å²) < 4.78 is 26.2. The van der Waals surface area contributed by atoms with E-state index in [-0.39, 0.29) is 28.2 Å². The van der Waals surface area contributed by atoms with Crippen LogP contribution in [0.3, 0.4) is 0 Å². The quantitative estimate of drug-likeness (QED) is 0.469. The van der Waals surface area contributed by atoms with Crippen molar-refractivity contribution in [2.45, 2.75) is 46.2 Å². The Labute approximate surface area is 212 Å². The molecule has 10 heteroatoms. The van der Waals surface area contributed by atoms with Crippen LogP contribution in [0, 0.1) is 6.92 Å². The highest BCUT2D eigenvalue weighted by atomic mass is 35.5. The number of anilines is 1. The van der Waals surface area contributed by atoms with Gasteiger partial charge in [0.05, 0.1) is 17.0 Å². The average molecular weight is 529 g/mol. The third-order valence-corrected chi connectivity index (χ3v) is 7.07. The number of rotatable bonds is 11. The number of amides is 2. The lowest BCUT2D eigenvalue weighted by Crippen LogP contribution is -2.52. The molecular weight excluding hydrogens is 497 g/mol. The molecule has 0 bridgehead atoms. The van der Waals surface area contributed by atoms with Crippen molar-refractivity contribution in [3.8, 4) is 0 Å². The highest BCUT2D eigenvalue weighted by molar-refractivity contribution is 7.92. The minimum atomic E-state index is -3.89. The molecule has 0 heterocycles. The first kappa shape index (κ1) is 28.0. The van der Waals surface area contributed by atoms with E-state index in [1.54, 1.807) is 0 Å². The summed E-state index contributed by atoms with van der Waals surface area (Å²) in [5.74, 6) is -0.804. The number of sulfonamides is 1. The molecule has 0 unspecified atom stereocenters. The number of aryl methyl sites for hydroxylation is 1. The van der Waals surface area contributed by atoms with Crippen LogP contribution in [0.2, 0.25) is 10.0 Å². The minimum absolute atomic E-state index is 0.101. The normalized spacial score (nSPS) is 12.2. The summed E-state index contributed by atoms with van der Waals surface area (Å²) in [5.41, 5.74) is 1.93. The summed E-state index contributed by atoms with van der Waals surface area (Å²) in [6.07, 6.45) is 2.11. The fraction of sp³-hybridized carbons (Fsp3) is 0.417. The van der Waals surface area contributed by atoms with Crippen LogP contribution in [0.4, 0.5) is 5.69 Å². The van der Waals surface area contributed by atoms with E-state index in [9.17, 15) is 18.0 Å². The van der Waals surface area contributed by atoms with Gasteiger partial charge in [0.15, 0.2) is 0 Å². The predicted octanol–water partition coefficient (Wildman–Crippen LogP) is 4.40. The van der Waals surface area contributed by atoms with Crippen LogP contribution >= 0.6 is 23.2 Å². The lowest BCUT2D eigenvalue weighted by Gasteiger charge is -2.33. The Morgan fingerprint density at radius 1 is 1.09 bits per heavy atom. The summed E-state index contributed by atoms with van der Waals surface area (Å²) in [6, 6.07) is 11.2. The van der Waals surface area contributed by atoms with Gasteiger partial charge in [-0.05, 0) is 49.1 Å². The van der Waals surface area contributed by atoms with Gasteiger partial charge in [-0.2, -0.15) is 0 Å². The summed E-state index contributed by atoms with van der Waals surface area (Å²) in [7, 11) is -3.89. The molecule has 2 aromatic rings. The number of benzene rings is 2. The van der Waals surface area contributed by atoms with E-state index in [2.05, 4.69) is 5.32 Å². The number of nitrogens with zero attached hydrogens (tertiary/aromatic N) is 2. The third kappa shape index (κ3) is 7.35. The van der Waals surface area contributed by atoms with E-state index in [0.29, 0.717) is 13.0 Å². The zero-order valence-electron chi connectivity index (χ0n) is 19.8. The third-order valence-electron chi connectivity index (χ3n) is 5.39. The summed E-state index contributed by atoms with van der Waals surface area (Å²) in [6.45, 7) is 5.79. The highest BCUT2D eigenvalue weighted by Gasteiger charge is 2.32. The molecule has 186 valence electrons. The fourth-order valence-corrected chi connectivity index (χ4v) is 4.82. The van der Waals surface area contributed by atoms with E-state index in [1.165, 1.54) is 23.1 Å². The monoisotopic (exact) mass is 527 g/mol. The topological polar surface area (TPSA) is 86.8 Å². The van der Waals surface area contributed by atoms with Gasteiger partial charge in [-0.15, -0.1) is 0 Å². The summed E-state index contributed by atoms with van der Waals surface area (Å²) in [4.78, 5) is 28.0. The maximum absolute atomic E-state index is 13.6. The summed E-state index contributed by atoms with van der Waals surface area (Å²) in [5, 5.41) is 3.27. The van der Waals surface area contributed by atoms with Crippen LogP contribution in [0.15, 0.2) is 42.5 Å². The molecule has 0 saturated heterocycles. The van der Waals surface area contributed by atoms with Gasteiger partial charge in [0, 0.05) is 18.1 Å². The maximum Gasteiger partial charge on any atom is 0.244 e. The van der Waals surface area contributed by atoms with Crippen molar-refractivity contribution in [3.05, 3.63) is 63.6 Å². The van der Waals surface area contributed by atoms with Gasteiger partial charge in [0.1, 0.15) is 12.6 Å². The van der Waals surface area contributed by atoms with Crippen molar-refractivity contribution >= 4 is 50.7 Å². The molecule has 0 aromatic heterocycles. The molecule has 0 fully saturated rings. The van der Waals surface area contributed by atoms with Crippen molar-refractivity contribution < 1.29 is 18.0 Å². The second-order valence-electron chi connectivity index (χ2n) is 8.03. The van der Waals surface area contributed by atoms with Crippen molar-refractivity contribution in [3.63, 3.8) is 0 Å². The molecular formula is C24H31Cl2N3O4S. The van der Waals surface area contributed by atoms with Gasteiger partial charge in [-0.3, -0.25) is 13.9 Å². The molecule has 2 amide bonds. The lowest BCUT2D eigenvalue weighted by molar-refractivity contribution is -0.140. The van der Waals surface area contributed by atoms with Gasteiger partial charge in [-0.25, -0.2) is 8.42 Å². The first-order valence-corrected chi connectivity index (χ1v) is 13.6. The fourth-order valence-electron chi connectivity index (χ4n) is 3.53. The Balaban J connectivity index is 2.48. The highest BCUT2D eigenvalue weighted by Crippen LogP contribution is 2.31. The SMILES string of the molecule is CCCNC(=O)[C@@H](CC)N(Cc1ccccc1C)C(=O)CN(c1cc(Cl)ccc1Cl)S(C)(=O)=O. The average Bonchev–Trinajstić information content (AvgIpc) is 2.78. The van der Waals surface area contributed by atoms with Crippen LogP contribution < -0.4 is 9.62 Å². The molecule has 0 spiro atoms. The molecule has 1 N–H and O–H groups in total. The minimum Gasteiger partial charge on any atom is -0.354 e. The largest absolute Gasteiger partial charge is 0.354 e. The molecule has 34 heavy (non-hydrogen) atoms. The van der Waals surface area contributed by atoms with Gasteiger partial charge in [-0.1, -0.05) is 61.3 Å². The molecule has 0 aliphatic carbocycles. The number of carbonyl (C=O) groups excluding carboxylic acids is 2. The predicted molar refractivity (Wildman–Crippen MR) is 138 cm³/mol. The molecule has 7 nitrogen and oxygen atoms in total. The van der Waals surface area contributed by atoms with Crippen molar-refractivity contribution in [2.24, 2.45) is 0 Å². The number of carbonyl (C=O) groups is 2. The van der Waals surface area contributed by atoms with E-state index in [0.717, 1.165) is 28.1 Å². The first-order valence-electron chi connectivity index (χ1n) is 11.0. The molecule has 0 aliphatic heterocycles. The van der Waals surface area contributed by atoms with Gasteiger partial charge < -0.3 is 10.2 Å². The lowest BCUT2D eigenvalue weighted by atomic mass is 10.1. The van der Waals surface area contributed by atoms with E-state index in [4.69, 9.17) is 23.2 Å². The van der Waals surface area contributed by atoms with Crippen LogP contribution in [-0.2, 0) is 26.2 Å². The van der Waals surface area contributed by atoms with Crippen LogP contribution in [-0.4, -0.2) is 50.5 Å². The Bertz CT molecular complexity index is 1120. The van der Waals surface area contributed by atoms with E-state index in [1.807, 2.05) is 45.0 Å². The molecule has 1 atom stereocenters. The Hall–Kier alpha value is -2.29. The number of hydrogen-bond donors (Lipinski definition) is 1. The van der Waals surface area contributed by atoms with Crippen molar-refractivity contribution in [1.82, 2.24) is 10.2 Å². The maximum atomic E-state index is 13.6. The van der Waals surface area contributed by atoms with E-state index >= 15 is 0 Å². The zero-order valence-corrected chi connectivity index (χ0v) is 22.2. The Morgan fingerprint density at radius 2 is 1.76 bits per heavy atom. The second kappa shape index (κ2) is 12.4. The van der Waals surface area contributed by atoms with Crippen LogP contribution in [0.5, 0.6) is 0 Å². The molecule has 0 radical (unpaired) electrons. The van der Waals surface area contributed by atoms with Crippen molar-refractivity contribution in [2.75, 3.05) is 23.7 Å². The number of nitrogens with one attached hydrogen (secondary N) is 1. The Morgan fingerprint density at radius 3 is 2.35 bits per heavy atom. The van der Waals surface area contributed by atoms with Gasteiger partial charge >= 0.3 is 0 Å². The second-order valence-corrected chi connectivity index (χ2v) is 10.8. The smallest absolute Gasteiger partial charge is 0.244 e. The van der Waals surface area contributed by atoms with Crippen LogP contribution in [0.25, 0.3) is 0 Å². The zero-order chi connectivity index (χ0) is 25.5. The summed E-state index contributed by atoms with van der Waals surface area (Å²) >= 11 is 12.3. The standard InChI is InChI=1S/C24H31Cl2N3O4S/c1-5-13-27-24(31)21(6-2)28(15-18-10-8-7-9-17(18)3)23(30)16-29(34(4,32)33)22-14-19(25)11-12-20(22)26/h7-12,14,21H,5-6,13,15-16H2,1-4H3,(H,27,31)/t21-/m1/s1. The van der Waals surface area contributed by atoms with E-state index < -0.39 is 28.5 Å². The van der Waals surface area contributed by atoms with Gasteiger partial charge in [0.2, 0.25) is 21.8 Å². The number of hydrogen-bond acceptors (Lipinski definition) is 4. The van der Waals surface area contributed by atoms with Gasteiger partial charge in [0.25, 0.3) is 0 Å². The van der Waals surface area contributed by atoms with Crippen molar-refractivity contribution in [1.29, 1.82) is 0 Å². The molecule has 2 aromatic carbocycles. The number of halogens is 2. The molecule has 0 saturated carbocycles. The van der Waals surface area contributed by atoms with Crippen LogP contribution in [0.1, 0.15) is 37.8 Å². The molecule has 0 aliphatic rings. The molecule has 2 rings (SSSR count). The first-order chi connectivity index (χ1) is 16.0. The Kier molecular flexibility index (Phi) is 10.2.